The Kier molecular flexibility index (Phi) is 14.0. The highest BCUT2D eigenvalue weighted by molar-refractivity contribution is 7.54. The van der Waals surface area contributed by atoms with Crippen LogP contribution in [0.3, 0.4) is 0 Å². The normalized spacial score (nSPS) is 13.4. The fourth-order valence-electron chi connectivity index (χ4n) is 2.95. The van der Waals surface area contributed by atoms with Crippen molar-refractivity contribution in [1.29, 1.82) is 0 Å². The molecular formula is C22H38ClO3P. The molecule has 5 heteroatoms. The number of para-hydroxylation sites is 1. The zero-order valence-electron chi connectivity index (χ0n) is 17.3. The summed E-state index contributed by atoms with van der Waals surface area (Å²) in [6, 6.07) is 7.14. The van der Waals surface area contributed by atoms with E-state index in [0.29, 0.717) is 23.5 Å². The van der Waals surface area contributed by atoms with Crippen LogP contribution in [0.5, 0.6) is 5.75 Å². The van der Waals surface area contributed by atoms with Crippen molar-refractivity contribution in [3.8, 4) is 5.75 Å². The number of hydrogen-bond donors (Lipinski definition) is 0. The van der Waals surface area contributed by atoms with Gasteiger partial charge in [0.15, 0.2) is 0 Å². The summed E-state index contributed by atoms with van der Waals surface area (Å²) >= 11 is 6.13. The molecule has 0 saturated heterocycles. The molecule has 0 fully saturated rings. The van der Waals surface area contributed by atoms with E-state index in [2.05, 4.69) is 13.8 Å². The highest BCUT2D eigenvalue weighted by Gasteiger charge is 2.26. The van der Waals surface area contributed by atoms with Crippen molar-refractivity contribution in [2.24, 2.45) is 0 Å². The first-order valence-electron chi connectivity index (χ1n) is 10.8. The smallest absolute Gasteiger partial charge is 0.379 e. The third-order valence-electron chi connectivity index (χ3n) is 4.65. The summed E-state index contributed by atoms with van der Waals surface area (Å²) in [7, 11) is -3.15. The lowest BCUT2D eigenvalue weighted by Gasteiger charge is -2.20. The van der Waals surface area contributed by atoms with Crippen LogP contribution in [-0.4, -0.2) is 12.8 Å². The van der Waals surface area contributed by atoms with Gasteiger partial charge in [-0.05, 0) is 25.0 Å². The molecular weight excluding hydrogens is 379 g/mol. The molecule has 1 atom stereocenters. The van der Waals surface area contributed by atoms with Gasteiger partial charge in [0.05, 0.1) is 17.8 Å². The van der Waals surface area contributed by atoms with Gasteiger partial charge in [0.2, 0.25) is 0 Å². The molecule has 1 rings (SSSR count). The molecule has 156 valence electrons. The lowest BCUT2D eigenvalue weighted by Crippen LogP contribution is -2.04. The van der Waals surface area contributed by atoms with E-state index >= 15 is 0 Å². The van der Waals surface area contributed by atoms with Crippen LogP contribution in [0.15, 0.2) is 24.3 Å². The molecule has 0 radical (unpaired) electrons. The molecule has 0 aliphatic heterocycles. The number of unbranched alkanes of at least 4 members (excludes halogenated alkanes) is 10. The van der Waals surface area contributed by atoms with Gasteiger partial charge in [-0.15, -0.1) is 0 Å². The average molecular weight is 417 g/mol. The summed E-state index contributed by atoms with van der Waals surface area (Å²) in [6.45, 7) is 4.81. The van der Waals surface area contributed by atoms with Gasteiger partial charge in [0.25, 0.3) is 0 Å². The quantitative estimate of drug-likeness (QED) is 0.188. The van der Waals surface area contributed by atoms with Crippen molar-refractivity contribution in [3.05, 3.63) is 29.3 Å². The van der Waals surface area contributed by atoms with Crippen LogP contribution < -0.4 is 4.52 Å². The van der Waals surface area contributed by atoms with E-state index in [1.54, 1.807) is 12.1 Å². The monoisotopic (exact) mass is 416 g/mol. The molecule has 1 unspecified atom stereocenters. The summed E-state index contributed by atoms with van der Waals surface area (Å²) in [5.41, 5.74) is 0. The maximum absolute atomic E-state index is 13.1. The molecule has 0 aliphatic carbocycles. The molecule has 1 aromatic rings. The molecule has 0 aliphatic rings. The van der Waals surface area contributed by atoms with Crippen LogP contribution in [0.25, 0.3) is 0 Å². The first-order chi connectivity index (χ1) is 13.1. The summed E-state index contributed by atoms with van der Waals surface area (Å²) in [6.07, 6.45) is 14.9. The lowest BCUT2D eigenvalue weighted by molar-refractivity contribution is 0.257. The fraction of sp³-hybridized carbons (Fsp3) is 0.727. The predicted octanol–water partition coefficient (Wildman–Crippen LogP) is 8.65. The number of benzene rings is 1. The van der Waals surface area contributed by atoms with Crippen molar-refractivity contribution in [2.75, 3.05) is 12.8 Å². The van der Waals surface area contributed by atoms with Crippen LogP contribution in [-0.2, 0) is 9.09 Å². The van der Waals surface area contributed by atoms with Crippen LogP contribution >= 0.6 is 19.2 Å². The van der Waals surface area contributed by atoms with E-state index in [9.17, 15) is 4.57 Å². The van der Waals surface area contributed by atoms with Gasteiger partial charge in [-0.3, -0.25) is 4.52 Å². The van der Waals surface area contributed by atoms with E-state index in [0.717, 1.165) is 25.7 Å². The summed E-state index contributed by atoms with van der Waals surface area (Å²) in [5.74, 6) is 0.446. The van der Waals surface area contributed by atoms with Gasteiger partial charge in [0.1, 0.15) is 5.75 Å². The second kappa shape index (κ2) is 15.4. The summed E-state index contributed by atoms with van der Waals surface area (Å²) < 4.78 is 24.5. The Labute approximate surface area is 171 Å². The van der Waals surface area contributed by atoms with E-state index in [-0.39, 0.29) is 0 Å². The minimum Gasteiger partial charge on any atom is -0.423 e. The summed E-state index contributed by atoms with van der Waals surface area (Å²) in [4.78, 5) is 0. The topological polar surface area (TPSA) is 35.5 Å². The largest absolute Gasteiger partial charge is 0.423 e. The van der Waals surface area contributed by atoms with Crippen molar-refractivity contribution in [2.45, 2.75) is 90.9 Å². The molecule has 0 N–H and O–H groups in total. The maximum atomic E-state index is 13.1. The second-order valence-electron chi connectivity index (χ2n) is 7.22. The summed E-state index contributed by atoms with van der Waals surface area (Å²) in [5, 5.41) is 0.469. The van der Waals surface area contributed by atoms with Gasteiger partial charge >= 0.3 is 7.60 Å². The average Bonchev–Trinajstić information content (AvgIpc) is 2.66. The Balaban J connectivity index is 2.24. The predicted molar refractivity (Wildman–Crippen MR) is 117 cm³/mol. The first-order valence-corrected chi connectivity index (χ1v) is 12.9. The highest BCUT2D eigenvalue weighted by atomic mass is 35.5. The fourth-order valence-corrected chi connectivity index (χ4v) is 5.02. The van der Waals surface area contributed by atoms with Crippen molar-refractivity contribution in [3.63, 3.8) is 0 Å². The molecule has 0 aromatic heterocycles. The third kappa shape index (κ3) is 11.8. The Morgan fingerprint density at radius 3 is 1.96 bits per heavy atom. The van der Waals surface area contributed by atoms with Crippen LogP contribution in [0.2, 0.25) is 5.02 Å². The molecule has 0 heterocycles. The van der Waals surface area contributed by atoms with Gasteiger partial charge in [0, 0.05) is 0 Å². The third-order valence-corrected chi connectivity index (χ3v) is 6.87. The Morgan fingerprint density at radius 1 is 0.815 bits per heavy atom. The van der Waals surface area contributed by atoms with Crippen LogP contribution in [0.4, 0.5) is 0 Å². The molecule has 3 nitrogen and oxygen atoms in total. The first kappa shape index (κ1) is 24.5. The van der Waals surface area contributed by atoms with Crippen molar-refractivity contribution in [1.82, 2.24) is 0 Å². The lowest BCUT2D eigenvalue weighted by atomic mass is 10.1. The van der Waals surface area contributed by atoms with E-state index < -0.39 is 7.60 Å². The minimum atomic E-state index is -3.15. The highest BCUT2D eigenvalue weighted by Crippen LogP contribution is 2.50. The molecule has 0 spiro atoms. The number of halogens is 1. The second-order valence-corrected chi connectivity index (χ2v) is 9.74. The Bertz CT molecular complexity index is 536. The van der Waals surface area contributed by atoms with E-state index in [4.69, 9.17) is 20.6 Å². The maximum Gasteiger partial charge on any atom is 0.379 e. The zero-order valence-corrected chi connectivity index (χ0v) is 18.9. The minimum absolute atomic E-state index is 0.437. The molecule has 0 saturated carbocycles. The number of hydrogen-bond acceptors (Lipinski definition) is 3. The van der Waals surface area contributed by atoms with Gasteiger partial charge in [-0.25, -0.2) is 4.57 Å². The molecule has 27 heavy (non-hydrogen) atoms. The van der Waals surface area contributed by atoms with Crippen molar-refractivity contribution < 1.29 is 13.6 Å². The molecule has 1 aromatic carbocycles. The van der Waals surface area contributed by atoms with Crippen molar-refractivity contribution >= 4 is 19.2 Å². The van der Waals surface area contributed by atoms with Gasteiger partial charge in [-0.2, -0.15) is 0 Å². The van der Waals surface area contributed by atoms with E-state index in [1.165, 1.54) is 51.4 Å². The standard InChI is InChI=1S/C22H38ClO3P/c1-3-5-7-8-9-10-11-12-13-16-19-25-27(24,20-6-4-2)26-22-18-15-14-17-21(22)23/h14-15,17-18H,3-13,16,19-20H2,1-2H3. The van der Waals surface area contributed by atoms with Gasteiger partial charge in [-0.1, -0.05) is 102 Å². The number of rotatable bonds is 17. The Morgan fingerprint density at radius 2 is 1.37 bits per heavy atom. The van der Waals surface area contributed by atoms with Crippen LogP contribution in [0.1, 0.15) is 90.9 Å². The zero-order chi connectivity index (χ0) is 19.8. The molecule has 0 bridgehead atoms. The van der Waals surface area contributed by atoms with E-state index in [1.807, 2.05) is 12.1 Å². The van der Waals surface area contributed by atoms with Crippen LogP contribution in [0, 0.1) is 0 Å². The molecule has 0 amide bonds. The SMILES string of the molecule is CCCCCCCCCCCCOP(=O)(CCCC)Oc1ccccc1Cl. The Hall–Kier alpha value is -0.500. The van der Waals surface area contributed by atoms with Gasteiger partial charge < -0.3 is 4.52 Å².